The molecule has 6 nitrogen and oxygen atoms in total. The Hall–Kier alpha value is -1.14. The number of primary amides is 1. The van der Waals surface area contributed by atoms with Crippen LogP contribution in [0.4, 0.5) is 0 Å². The highest BCUT2D eigenvalue weighted by molar-refractivity contribution is 5.78. The summed E-state index contributed by atoms with van der Waals surface area (Å²) < 4.78 is 0. The highest BCUT2D eigenvalue weighted by Crippen LogP contribution is 2.08. The fourth-order valence-electron chi connectivity index (χ4n) is 1.33. The van der Waals surface area contributed by atoms with Crippen molar-refractivity contribution in [3.63, 3.8) is 0 Å². The number of nitrogens with two attached hydrogens (primary N) is 1. The zero-order valence-corrected chi connectivity index (χ0v) is 9.99. The average molecular weight is 231 g/mol. The number of rotatable bonds is 7. The van der Waals surface area contributed by atoms with Crippen LogP contribution in [0, 0.1) is 5.92 Å². The Kier molecular flexibility index (Phi) is 6.67. The van der Waals surface area contributed by atoms with Crippen LogP contribution in [0.2, 0.25) is 0 Å². The summed E-state index contributed by atoms with van der Waals surface area (Å²) in [6, 6.07) is -0.401. The van der Waals surface area contributed by atoms with Crippen molar-refractivity contribution in [1.29, 1.82) is 0 Å². The first kappa shape index (κ1) is 14.9. The van der Waals surface area contributed by atoms with Gasteiger partial charge < -0.3 is 16.3 Å². The minimum Gasteiger partial charge on any atom is -0.369 e. The topological polar surface area (TPSA) is 104 Å². The molecule has 0 heterocycles. The van der Waals surface area contributed by atoms with Crippen LogP contribution in [0.3, 0.4) is 0 Å². The van der Waals surface area contributed by atoms with E-state index in [1.807, 2.05) is 19.3 Å². The van der Waals surface area contributed by atoms with Gasteiger partial charge in [0.2, 0.25) is 11.8 Å². The molecule has 0 rings (SSSR count). The summed E-state index contributed by atoms with van der Waals surface area (Å²) >= 11 is 0. The molecule has 2 amide bonds. The second kappa shape index (κ2) is 7.19. The molecule has 0 radical (unpaired) electrons. The Labute approximate surface area is 95.5 Å². The van der Waals surface area contributed by atoms with Gasteiger partial charge in [0.05, 0.1) is 0 Å². The monoisotopic (exact) mass is 231 g/mol. The third kappa shape index (κ3) is 6.36. The molecule has 16 heavy (non-hydrogen) atoms. The third-order valence-electron chi connectivity index (χ3n) is 2.19. The molecule has 0 aliphatic carbocycles. The van der Waals surface area contributed by atoms with E-state index in [0.717, 1.165) is 0 Å². The van der Waals surface area contributed by atoms with E-state index in [1.165, 1.54) is 0 Å². The maximum Gasteiger partial charge on any atom is 0.221 e. The molecule has 0 aliphatic heterocycles. The van der Waals surface area contributed by atoms with Crippen molar-refractivity contribution in [2.45, 2.75) is 45.7 Å². The van der Waals surface area contributed by atoms with Gasteiger partial charge in [-0.3, -0.25) is 9.59 Å². The predicted molar refractivity (Wildman–Crippen MR) is 59.6 cm³/mol. The van der Waals surface area contributed by atoms with Crippen molar-refractivity contribution in [2.75, 3.05) is 0 Å². The maximum absolute atomic E-state index is 11.4. The van der Waals surface area contributed by atoms with E-state index in [2.05, 4.69) is 5.32 Å². The molecule has 0 saturated heterocycles. The fraction of sp³-hybridized carbons (Fsp3) is 0.800. The molecule has 5 N–H and O–H groups in total. The molecule has 0 aromatic heterocycles. The first-order valence-corrected chi connectivity index (χ1v) is 5.35. The van der Waals surface area contributed by atoms with Crippen LogP contribution in [0.25, 0.3) is 0 Å². The van der Waals surface area contributed by atoms with Crippen molar-refractivity contribution >= 4 is 11.8 Å². The first-order chi connectivity index (χ1) is 7.36. The van der Waals surface area contributed by atoms with Crippen LogP contribution in [0.5, 0.6) is 0 Å². The molecule has 0 saturated carbocycles. The SMILES string of the molecule is CC(C)NC(=O)CC(CC(C)C(N)=O)NO. The normalized spacial score (nSPS) is 14.6. The number of amides is 2. The van der Waals surface area contributed by atoms with Crippen LogP contribution in [-0.4, -0.2) is 29.1 Å². The van der Waals surface area contributed by atoms with E-state index < -0.39 is 11.9 Å². The highest BCUT2D eigenvalue weighted by Gasteiger charge is 2.19. The van der Waals surface area contributed by atoms with Gasteiger partial charge in [-0.1, -0.05) is 6.92 Å². The van der Waals surface area contributed by atoms with Crippen LogP contribution < -0.4 is 16.5 Å². The van der Waals surface area contributed by atoms with E-state index in [-0.39, 0.29) is 24.3 Å². The lowest BCUT2D eigenvalue weighted by Crippen LogP contribution is -2.39. The molecule has 0 aromatic rings. The molecule has 0 spiro atoms. The smallest absolute Gasteiger partial charge is 0.221 e. The highest BCUT2D eigenvalue weighted by atomic mass is 16.5. The molecule has 0 bridgehead atoms. The lowest BCUT2D eigenvalue weighted by atomic mass is 9.99. The maximum atomic E-state index is 11.4. The summed E-state index contributed by atoms with van der Waals surface area (Å²) in [6.45, 7) is 5.36. The van der Waals surface area contributed by atoms with Gasteiger partial charge in [0.25, 0.3) is 0 Å². The standard InChI is InChI=1S/C10H21N3O3/c1-6(2)12-9(14)5-8(13-16)4-7(3)10(11)15/h6-8,13,16H,4-5H2,1-3H3,(H2,11,15)(H,12,14). The molecule has 0 aromatic carbocycles. The van der Waals surface area contributed by atoms with E-state index in [9.17, 15) is 9.59 Å². The molecule has 2 atom stereocenters. The van der Waals surface area contributed by atoms with Crippen LogP contribution in [0.15, 0.2) is 0 Å². The van der Waals surface area contributed by atoms with Gasteiger partial charge in [0, 0.05) is 24.4 Å². The van der Waals surface area contributed by atoms with Crippen molar-refractivity contribution < 1.29 is 14.8 Å². The second-order valence-electron chi connectivity index (χ2n) is 4.29. The van der Waals surface area contributed by atoms with Crippen molar-refractivity contribution in [3.8, 4) is 0 Å². The van der Waals surface area contributed by atoms with E-state index in [4.69, 9.17) is 10.9 Å². The number of carbonyl (C=O) groups is 2. The number of hydroxylamine groups is 1. The largest absolute Gasteiger partial charge is 0.369 e. The molecular weight excluding hydrogens is 210 g/mol. The quantitative estimate of drug-likeness (QED) is 0.454. The van der Waals surface area contributed by atoms with Crippen molar-refractivity contribution in [3.05, 3.63) is 0 Å². The van der Waals surface area contributed by atoms with Gasteiger partial charge in [0.15, 0.2) is 0 Å². The van der Waals surface area contributed by atoms with E-state index >= 15 is 0 Å². The number of nitrogens with one attached hydrogen (secondary N) is 2. The summed E-state index contributed by atoms with van der Waals surface area (Å²) in [5.74, 6) is -0.987. The van der Waals surface area contributed by atoms with Gasteiger partial charge in [-0.2, -0.15) is 0 Å². The molecule has 0 fully saturated rings. The van der Waals surface area contributed by atoms with Crippen molar-refractivity contribution in [1.82, 2.24) is 10.8 Å². The Morgan fingerprint density at radius 1 is 1.31 bits per heavy atom. The summed E-state index contributed by atoms with van der Waals surface area (Å²) in [5.41, 5.74) is 7.12. The molecule has 0 aliphatic rings. The van der Waals surface area contributed by atoms with Crippen LogP contribution >= 0.6 is 0 Å². The second-order valence-corrected chi connectivity index (χ2v) is 4.29. The summed E-state index contributed by atoms with van der Waals surface area (Å²) in [4.78, 5) is 22.2. The van der Waals surface area contributed by atoms with Crippen molar-refractivity contribution in [2.24, 2.45) is 11.7 Å². The van der Waals surface area contributed by atoms with E-state index in [1.54, 1.807) is 6.92 Å². The lowest BCUT2D eigenvalue weighted by molar-refractivity contribution is -0.125. The predicted octanol–water partition coefficient (Wildman–Crippen LogP) is -0.240. The average Bonchev–Trinajstić information content (AvgIpc) is 2.14. The van der Waals surface area contributed by atoms with Gasteiger partial charge in [-0.15, -0.1) is 0 Å². The Morgan fingerprint density at radius 2 is 1.88 bits per heavy atom. The number of carbonyl (C=O) groups excluding carboxylic acids is 2. The Balaban J connectivity index is 4.09. The zero-order valence-electron chi connectivity index (χ0n) is 9.99. The first-order valence-electron chi connectivity index (χ1n) is 5.35. The Morgan fingerprint density at radius 3 is 2.25 bits per heavy atom. The van der Waals surface area contributed by atoms with E-state index in [0.29, 0.717) is 6.42 Å². The van der Waals surface area contributed by atoms with Crippen LogP contribution in [-0.2, 0) is 9.59 Å². The van der Waals surface area contributed by atoms with Gasteiger partial charge in [-0.25, -0.2) is 5.48 Å². The number of hydrogen-bond donors (Lipinski definition) is 4. The molecular formula is C10H21N3O3. The lowest BCUT2D eigenvalue weighted by Gasteiger charge is -2.18. The number of hydrogen-bond acceptors (Lipinski definition) is 4. The zero-order chi connectivity index (χ0) is 12.7. The Bertz CT molecular complexity index is 243. The van der Waals surface area contributed by atoms with Crippen LogP contribution in [0.1, 0.15) is 33.6 Å². The summed E-state index contributed by atoms with van der Waals surface area (Å²) in [5, 5.41) is 11.6. The minimum atomic E-state index is -0.457. The molecule has 94 valence electrons. The fourth-order valence-corrected chi connectivity index (χ4v) is 1.33. The van der Waals surface area contributed by atoms with Gasteiger partial charge in [-0.05, 0) is 20.3 Å². The molecule has 6 heteroatoms. The summed E-state index contributed by atoms with van der Waals surface area (Å²) in [6.07, 6.45) is 0.448. The minimum absolute atomic E-state index is 0.0559. The molecule has 2 unspecified atom stereocenters. The summed E-state index contributed by atoms with van der Waals surface area (Å²) in [7, 11) is 0. The van der Waals surface area contributed by atoms with Gasteiger partial charge in [0.1, 0.15) is 0 Å². The van der Waals surface area contributed by atoms with Gasteiger partial charge >= 0.3 is 0 Å². The third-order valence-corrected chi connectivity index (χ3v) is 2.19.